The van der Waals surface area contributed by atoms with Gasteiger partial charge in [-0.15, -0.1) is 0 Å². The average Bonchev–Trinajstić information content (AvgIpc) is 2.98. The SMILES string of the molecule is Cc1ccc(Cl)c(OCc2cccc(C(=O)NCCCn3nc(C)c(Br)c3C)c2)c1. The van der Waals surface area contributed by atoms with Crippen LogP contribution < -0.4 is 10.1 Å². The molecule has 1 heterocycles. The van der Waals surface area contributed by atoms with Gasteiger partial charge in [0.2, 0.25) is 0 Å². The molecule has 7 heteroatoms. The zero-order valence-electron chi connectivity index (χ0n) is 17.3. The predicted molar refractivity (Wildman–Crippen MR) is 123 cm³/mol. The predicted octanol–water partition coefficient (Wildman–Crippen LogP) is 5.62. The number of hydrogen-bond acceptors (Lipinski definition) is 3. The number of ether oxygens (including phenoxy) is 1. The van der Waals surface area contributed by atoms with E-state index in [9.17, 15) is 4.79 Å². The molecule has 0 bridgehead atoms. The molecule has 30 heavy (non-hydrogen) atoms. The molecule has 0 fully saturated rings. The van der Waals surface area contributed by atoms with E-state index in [0.29, 0.717) is 29.5 Å². The Morgan fingerprint density at radius 3 is 2.73 bits per heavy atom. The van der Waals surface area contributed by atoms with E-state index in [1.54, 1.807) is 6.07 Å². The van der Waals surface area contributed by atoms with Crippen molar-refractivity contribution in [1.29, 1.82) is 0 Å². The van der Waals surface area contributed by atoms with Crippen LogP contribution in [0.15, 0.2) is 46.9 Å². The van der Waals surface area contributed by atoms with Crippen LogP contribution in [-0.4, -0.2) is 22.2 Å². The quantitative estimate of drug-likeness (QED) is 0.417. The molecule has 0 atom stereocenters. The summed E-state index contributed by atoms with van der Waals surface area (Å²) in [5, 5.41) is 8.03. The maximum atomic E-state index is 12.5. The van der Waals surface area contributed by atoms with Gasteiger partial charge >= 0.3 is 0 Å². The third-order valence-electron chi connectivity index (χ3n) is 4.80. The molecule has 3 aromatic rings. The van der Waals surface area contributed by atoms with Gasteiger partial charge in [-0.05, 0) is 78.5 Å². The Hall–Kier alpha value is -2.31. The number of hydrogen-bond donors (Lipinski definition) is 1. The van der Waals surface area contributed by atoms with E-state index < -0.39 is 0 Å². The first-order chi connectivity index (χ1) is 14.3. The number of nitrogens with zero attached hydrogens (tertiary/aromatic N) is 2. The zero-order chi connectivity index (χ0) is 21.7. The third-order valence-corrected chi connectivity index (χ3v) is 6.26. The van der Waals surface area contributed by atoms with Crippen molar-refractivity contribution in [3.05, 3.63) is 80.0 Å². The second kappa shape index (κ2) is 10.1. The molecule has 0 unspecified atom stereocenters. The lowest BCUT2D eigenvalue weighted by Gasteiger charge is -2.10. The smallest absolute Gasteiger partial charge is 0.251 e. The van der Waals surface area contributed by atoms with Gasteiger partial charge in [0, 0.05) is 24.3 Å². The van der Waals surface area contributed by atoms with E-state index in [1.165, 1.54) is 0 Å². The van der Waals surface area contributed by atoms with E-state index in [1.807, 2.05) is 61.9 Å². The Bertz CT molecular complexity index is 1050. The Balaban J connectivity index is 1.51. The van der Waals surface area contributed by atoms with E-state index in [4.69, 9.17) is 16.3 Å². The number of nitrogens with one attached hydrogen (secondary N) is 1. The number of halogens is 2. The van der Waals surface area contributed by atoms with Crippen LogP contribution in [0.2, 0.25) is 5.02 Å². The van der Waals surface area contributed by atoms with Gasteiger partial charge in [-0.1, -0.05) is 29.8 Å². The Labute approximate surface area is 190 Å². The van der Waals surface area contributed by atoms with Gasteiger partial charge < -0.3 is 10.1 Å². The normalized spacial score (nSPS) is 10.8. The summed E-state index contributed by atoms with van der Waals surface area (Å²) in [6, 6.07) is 13.1. The van der Waals surface area contributed by atoms with Crippen LogP contribution >= 0.6 is 27.5 Å². The second-order valence-corrected chi connectivity index (χ2v) is 8.44. The summed E-state index contributed by atoms with van der Waals surface area (Å²) in [5.41, 5.74) is 4.67. The largest absolute Gasteiger partial charge is 0.487 e. The summed E-state index contributed by atoms with van der Waals surface area (Å²) in [6.45, 7) is 7.66. The maximum absolute atomic E-state index is 12.5. The minimum atomic E-state index is -0.0972. The number of aromatic nitrogens is 2. The third kappa shape index (κ3) is 5.64. The fourth-order valence-corrected chi connectivity index (χ4v) is 3.57. The Morgan fingerprint density at radius 2 is 2.00 bits per heavy atom. The molecule has 2 aromatic carbocycles. The van der Waals surface area contributed by atoms with Gasteiger partial charge in [0.15, 0.2) is 0 Å². The highest BCUT2D eigenvalue weighted by atomic mass is 79.9. The van der Waals surface area contributed by atoms with Crippen LogP contribution in [0.3, 0.4) is 0 Å². The molecule has 3 rings (SSSR count). The first-order valence-electron chi connectivity index (χ1n) is 9.80. The van der Waals surface area contributed by atoms with Gasteiger partial charge in [-0.3, -0.25) is 9.48 Å². The highest BCUT2D eigenvalue weighted by Crippen LogP contribution is 2.26. The lowest BCUT2D eigenvalue weighted by molar-refractivity contribution is 0.0952. The van der Waals surface area contributed by atoms with Gasteiger partial charge in [0.25, 0.3) is 5.91 Å². The summed E-state index contributed by atoms with van der Waals surface area (Å²) in [6.07, 6.45) is 0.800. The van der Waals surface area contributed by atoms with Crippen LogP contribution in [0.25, 0.3) is 0 Å². The summed E-state index contributed by atoms with van der Waals surface area (Å²) >= 11 is 9.71. The minimum Gasteiger partial charge on any atom is -0.487 e. The molecule has 0 aliphatic heterocycles. The van der Waals surface area contributed by atoms with E-state index in [2.05, 4.69) is 26.3 Å². The topological polar surface area (TPSA) is 56.1 Å². The lowest BCUT2D eigenvalue weighted by atomic mass is 10.1. The first-order valence-corrected chi connectivity index (χ1v) is 11.0. The van der Waals surface area contributed by atoms with Crippen molar-refractivity contribution in [3.8, 4) is 5.75 Å². The lowest BCUT2D eigenvalue weighted by Crippen LogP contribution is -2.25. The molecule has 0 aliphatic carbocycles. The second-order valence-electron chi connectivity index (χ2n) is 7.24. The minimum absolute atomic E-state index is 0.0972. The van der Waals surface area contributed by atoms with Crippen molar-refractivity contribution in [2.45, 2.75) is 40.3 Å². The van der Waals surface area contributed by atoms with Gasteiger partial charge in [0.1, 0.15) is 12.4 Å². The molecule has 1 N–H and O–H groups in total. The van der Waals surface area contributed by atoms with Crippen LogP contribution in [-0.2, 0) is 13.2 Å². The monoisotopic (exact) mass is 489 g/mol. The van der Waals surface area contributed by atoms with E-state index >= 15 is 0 Å². The molecule has 0 radical (unpaired) electrons. The Morgan fingerprint density at radius 1 is 1.20 bits per heavy atom. The molecule has 1 aromatic heterocycles. The summed E-state index contributed by atoms with van der Waals surface area (Å²) < 4.78 is 8.83. The molecule has 1 amide bonds. The van der Waals surface area contributed by atoms with Crippen LogP contribution in [0.4, 0.5) is 0 Å². The fraction of sp³-hybridized carbons (Fsp3) is 0.304. The molecule has 0 saturated carbocycles. The number of benzene rings is 2. The van der Waals surface area contributed by atoms with Gasteiger partial charge in [-0.2, -0.15) is 5.10 Å². The molecule has 0 saturated heterocycles. The highest BCUT2D eigenvalue weighted by molar-refractivity contribution is 9.10. The van der Waals surface area contributed by atoms with Crippen molar-refractivity contribution < 1.29 is 9.53 Å². The highest BCUT2D eigenvalue weighted by Gasteiger charge is 2.10. The van der Waals surface area contributed by atoms with Crippen molar-refractivity contribution >= 4 is 33.4 Å². The van der Waals surface area contributed by atoms with Crippen molar-refractivity contribution in [2.24, 2.45) is 0 Å². The summed E-state index contributed by atoms with van der Waals surface area (Å²) in [4.78, 5) is 12.5. The van der Waals surface area contributed by atoms with Crippen LogP contribution in [0, 0.1) is 20.8 Å². The van der Waals surface area contributed by atoms with Gasteiger partial charge in [-0.25, -0.2) is 0 Å². The maximum Gasteiger partial charge on any atom is 0.251 e. The number of carbonyl (C=O) groups excluding carboxylic acids is 1. The zero-order valence-corrected chi connectivity index (χ0v) is 19.7. The molecule has 0 spiro atoms. The Kier molecular flexibility index (Phi) is 7.56. The molecule has 5 nitrogen and oxygen atoms in total. The van der Waals surface area contributed by atoms with Gasteiger partial charge in [0.05, 0.1) is 15.2 Å². The molecule has 0 aliphatic rings. The standard InChI is InChI=1S/C23H25BrClN3O2/c1-15-8-9-20(25)21(12-15)30-14-18-6-4-7-19(13-18)23(29)26-10-5-11-28-17(3)22(24)16(2)27-28/h4,6-9,12-13H,5,10-11,14H2,1-3H3,(H,26,29). The molecule has 158 valence electrons. The first kappa shape index (κ1) is 22.4. The van der Waals surface area contributed by atoms with Crippen LogP contribution in [0.5, 0.6) is 5.75 Å². The van der Waals surface area contributed by atoms with Crippen LogP contribution in [0.1, 0.15) is 39.3 Å². The van der Waals surface area contributed by atoms with Crippen molar-refractivity contribution in [3.63, 3.8) is 0 Å². The number of rotatable bonds is 8. The summed E-state index contributed by atoms with van der Waals surface area (Å²) in [7, 11) is 0. The summed E-state index contributed by atoms with van der Waals surface area (Å²) in [5.74, 6) is 0.544. The fourth-order valence-electron chi connectivity index (χ4n) is 3.11. The number of carbonyl (C=O) groups is 1. The van der Waals surface area contributed by atoms with E-state index in [0.717, 1.165) is 40.0 Å². The van der Waals surface area contributed by atoms with Crippen molar-refractivity contribution in [1.82, 2.24) is 15.1 Å². The average molecular weight is 491 g/mol. The molecular weight excluding hydrogens is 466 g/mol. The number of amides is 1. The van der Waals surface area contributed by atoms with E-state index in [-0.39, 0.29) is 5.91 Å². The number of aryl methyl sites for hydroxylation is 3. The molecular formula is C23H25BrClN3O2. The van der Waals surface area contributed by atoms with Crippen molar-refractivity contribution in [2.75, 3.05) is 6.54 Å².